The van der Waals surface area contributed by atoms with Gasteiger partial charge in [-0.1, -0.05) is 57.2 Å². The minimum atomic E-state index is -0.398. The number of morpholine rings is 1. The molecule has 38 heavy (non-hydrogen) atoms. The Hall–Kier alpha value is -3.91. The molecule has 0 spiro atoms. The first-order valence-electron chi connectivity index (χ1n) is 12.8. The molecular weight excluding hydrogens is 483 g/mol. The van der Waals surface area contributed by atoms with Crippen molar-refractivity contribution < 1.29 is 18.7 Å². The number of nitrogens with one attached hydrogen (secondary N) is 1. The molecule has 4 aromatic rings. The number of aryl methyl sites for hydroxylation is 1. The number of fused-ring (bicyclic) bond motifs is 1. The van der Waals surface area contributed by atoms with Crippen LogP contribution in [0.15, 0.2) is 54.9 Å². The minimum Gasteiger partial charge on any atom is -0.378 e. The van der Waals surface area contributed by atoms with Gasteiger partial charge >= 0.3 is 0 Å². The summed E-state index contributed by atoms with van der Waals surface area (Å²) in [7, 11) is 0. The third kappa shape index (κ3) is 5.36. The van der Waals surface area contributed by atoms with Crippen molar-refractivity contribution in [3.8, 4) is 11.3 Å². The number of Topliss-reactive ketones (excluding diaryl/α,β-unsaturated/α-hetero) is 1. The first-order valence-corrected chi connectivity index (χ1v) is 12.8. The van der Waals surface area contributed by atoms with Crippen LogP contribution in [0.25, 0.3) is 22.3 Å². The number of carbonyl (C=O) groups excluding carboxylic acids is 2. The highest BCUT2D eigenvalue weighted by Gasteiger charge is 2.22. The van der Waals surface area contributed by atoms with E-state index in [9.17, 15) is 9.59 Å². The van der Waals surface area contributed by atoms with E-state index < -0.39 is 5.82 Å². The van der Waals surface area contributed by atoms with E-state index in [1.165, 1.54) is 12.4 Å². The van der Waals surface area contributed by atoms with Crippen LogP contribution >= 0.6 is 0 Å². The second-order valence-electron chi connectivity index (χ2n) is 10.6. The molecule has 1 amide bonds. The number of aromatic nitrogens is 3. The molecule has 2 aromatic heterocycles. The highest BCUT2D eigenvalue weighted by molar-refractivity contribution is 6.01. The van der Waals surface area contributed by atoms with Gasteiger partial charge in [0.2, 0.25) is 0 Å². The summed E-state index contributed by atoms with van der Waals surface area (Å²) in [6, 6.07) is 14.3. The van der Waals surface area contributed by atoms with Crippen molar-refractivity contribution in [2.75, 3.05) is 26.3 Å². The predicted octanol–water partition coefficient (Wildman–Crippen LogP) is 5.35. The number of rotatable bonds is 6. The lowest BCUT2D eigenvalue weighted by Gasteiger charge is -2.26. The fraction of sp³-hybridized carbons (Fsp3) is 0.333. The van der Waals surface area contributed by atoms with Crippen LogP contribution in [0, 0.1) is 5.82 Å². The van der Waals surface area contributed by atoms with Crippen molar-refractivity contribution in [3.05, 3.63) is 83.1 Å². The SMILES string of the molecule is CC(C)(C)c1ccc(C(=O)CCc2ccc(-c3ncnc4[nH]c(C(=O)N5CCOCC5)cc34)cc2F)cc1. The number of halogens is 1. The number of nitrogens with zero attached hydrogens (tertiary/aromatic N) is 3. The topological polar surface area (TPSA) is 88.2 Å². The molecule has 3 heterocycles. The highest BCUT2D eigenvalue weighted by atomic mass is 19.1. The number of ether oxygens (including phenoxy) is 1. The molecule has 8 heteroatoms. The molecule has 1 saturated heterocycles. The zero-order chi connectivity index (χ0) is 26.9. The van der Waals surface area contributed by atoms with E-state index in [2.05, 4.69) is 35.7 Å². The number of carbonyl (C=O) groups is 2. The van der Waals surface area contributed by atoms with Crippen molar-refractivity contribution in [1.82, 2.24) is 19.9 Å². The molecule has 2 aromatic carbocycles. The zero-order valence-electron chi connectivity index (χ0n) is 21.9. The quantitative estimate of drug-likeness (QED) is 0.351. The second-order valence-corrected chi connectivity index (χ2v) is 10.6. The molecule has 0 bridgehead atoms. The maximum Gasteiger partial charge on any atom is 0.270 e. The molecule has 1 aliphatic heterocycles. The van der Waals surface area contributed by atoms with Crippen molar-refractivity contribution >= 4 is 22.7 Å². The van der Waals surface area contributed by atoms with Crippen LogP contribution in [0.3, 0.4) is 0 Å². The van der Waals surface area contributed by atoms with Gasteiger partial charge in [0, 0.05) is 36.0 Å². The number of H-pyrrole nitrogens is 1. The Morgan fingerprint density at radius 1 is 1.03 bits per heavy atom. The van der Waals surface area contributed by atoms with Gasteiger partial charge in [-0.2, -0.15) is 0 Å². The van der Waals surface area contributed by atoms with Gasteiger partial charge in [0.15, 0.2) is 5.78 Å². The van der Waals surface area contributed by atoms with Gasteiger partial charge in [-0.15, -0.1) is 0 Å². The van der Waals surface area contributed by atoms with Crippen molar-refractivity contribution in [2.45, 2.75) is 39.0 Å². The van der Waals surface area contributed by atoms with E-state index in [-0.39, 0.29) is 23.5 Å². The molecule has 1 aliphatic rings. The van der Waals surface area contributed by atoms with Gasteiger partial charge in [-0.3, -0.25) is 9.59 Å². The van der Waals surface area contributed by atoms with E-state index in [1.54, 1.807) is 23.1 Å². The minimum absolute atomic E-state index is 0.0158. The lowest BCUT2D eigenvalue weighted by atomic mass is 9.86. The summed E-state index contributed by atoms with van der Waals surface area (Å²) >= 11 is 0. The van der Waals surface area contributed by atoms with Crippen molar-refractivity contribution in [1.29, 1.82) is 0 Å². The van der Waals surface area contributed by atoms with Crippen LogP contribution in [0.2, 0.25) is 0 Å². The Kier molecular flexibility index (Phi) is 7.08. The molecule has 1 N–H and O–H groups in total. The number of hydrogen-bond acceptors (Lipinski definition) is 5. The number of amides is 1. The molecule has 5 rings (SSSR count). The number of hydrogen-bond donors (Lipinski definition) is 1. The summed E-state index contributed by atoms with van der Waals surface area (Å²) in [5.74, 6) is -0.544. The fourth-order valence-electron chi connectivity index (χ4n) is 4.67. The average Bonchev–Trinajstić information content (AvgIpc) is 3.36. The maximum absolute atomic E-state index is 15.1. The molecule has 196 valence electrons. The summed E-state index contributed by atoms with van der Waals surface area (Å²) in [6.07, 6.45) is 1.91. The summed E-state index contributed by atoms with van der Waals surface area (Å²) in [6.45, 7) is 8.47. The molecule has 0 atom stereocenters. The summed E-state index contributed by atoms with van der Waals surface area (Å²) < 4.78 is 20.4. The lowest BCUT2D eigenvalue weighted by Crippen LogP contribution is -2.40. The van der Waals surface area contributed by atoms with Crippen molar-refractivity contribution in [2.24, 2.45) is 0 Å². The molecule has 1 fully saturated rings. The summed E-state index contributed by atoms with van der Waals surface area (Å²) in [5, 5.41) is 0.644. The van der Waals surface area contributed by atoms with Gasteiger partial charge in [0.25, 0.3) is 5.91 Å². The summed E-state index contributed by atoms with van der Waals surface area (Å²) in [4.78, 5) is 39.1. The van der Waals surface area contributed by atoms with E-state index in [0.29, 0.717) is 71.8 Å². The normalized spacial score (nSPS) is 14.2. The molecule has 0 saturated carbocycles. The fourth-order valence-corrected chi connectivity index (χ4v) is 4.67. The maximum atomic E-state index is 15.1. The largest absolute Gasteiger partial charge is 0.378 e. The van der Waals surface area contributed by atoms with Gasteiger partial charge in [-0.05, 0) is 35.1 Å². The Labute approximate surface area is 221 Å². The van der Waals surface area contributed by atoms with Crippen molar-refractivity contribution in [3.63, 3.8) is 0 Å². The average molecular weight is 515 g/mol. The zero-order valence-corrected chi connectivity index (χ0v) is 21.9. The monoisotopic (exact) mass is 514 g/mol. The lowest BCUT2D eigenvalue weighted by molar-refractivity contribution is 0.0299. The van der Waals surface area contributed by atoms with Gasteiger partial charge in [0.05, 0.1) is 18.9 Å². The Morgan fingerprint density at radius 2 is 1.76 bits per heavy atom. The van der Waals surface area contributed by atoms with Crippen LogP contribution < -0.4 is 0 Å². The third-order valence-electron chi connectivity index (χ3n) is 6.98. The second kappa shape index (κ2) is 10.5. The smallest absolute Gasteiger partial charge is 0.270 e. The van der Waals surface area contributed by atoms with Crippen LogP contribution in [0.1, 0.15) is 59.2 Å². The predicted molar refractivity (Wildman–Crippen MR) is 144 cm³/mol. The molecule has 0 unspecified atom stereocenters. The van der Waals surface area contributed by atoms with Crippen LogP contribution in [-0.2, 0) is 16.6 Å². The molecule has 0 radical (unpaired) electrons. The molecule has 0 aliphatic carbocycles. The first kappa shape index (κ1) is 25.7. The van der Waals surface area contributed by atoms with Gasteiger partial charge < -0.3 is 14.6 Å². The van der Waals surface area contributed by atoms with E-state index in [0.717, 1.165) is 5.56 Å². The number of aromatic amines is 1. The molecule has 7 nitrogen and oxygen atoms in total. The van der Waals surface area contributed by atoms with Crippen LogP contribution in [0.5, 0.6) is 0 Å². The van der Waals surface area contributed by atoms with Crippen LogP contribution in [0.4, 0.5) is 4.39 Å². The first-order chi connectivity index (χ1) is 18.2. The Bertz CT molecular complexity index is 1480. The molecular formula is C30H31FN4O3. The van der Waals surface area contributed by atoms with E-state index in [4.69, 9.17) is 4.74 Å². The van der Waals surface area contributed by atoms with E-state index in [1.807, 2.05) is 24.3 Å². The standard InChI is InChI=1S/C30H31FN4O3/c1-30(2,3)22-9-6-20(7-10-22)26(36)11-8-19-4-5-21(16-24(19)31)27-23-17-25(34-28(23)33-18-32-27)29(37)35-12-14-38-15-13-35/h4-7,9-10,16-18H,8,11-15H2,1-3H3,(H,32,33,34). The summed E-state index contributed by atoms with van der Waals surface area (Å²) in [5.41, 5.74) is 4.31. The highest BCUT2D eigenvalue weighted by Crippen LogP contribution is 2.29. The number of ketones is 1. The van der Waals surface area contributed by atoms with Gasteiger partial charge in [-0.25, -0.2) is 14.4 Å². The van der Waals surface area contributed by atoms with Gasteiger partial charge in [0.1, 0.15) is 23.5 Å². The Balaban J connectivity index is 1.31. The third-order valence-corrected chi connectivity index (χ3v) is 6.98. The van der Waals surface area contributed by atoms with E-state index >= 15 is 4.39 Å². The number of benzene rings is 2. The van der Waals surface area contributed by atoms with Crippen LogP contribution in [-0.4, -0.2) is 57.8 Å². The Morgan fingerprint density at radius 3 is 2.45 bits per heavy atom.